The van der Waals surface area contributed by atoms with Crippen LogP contribution in [0.1, 0.15) is 27.3 Å². The fourth-order valence-corrected chi connectivity index (χ4v) is 4.19. The summed E-state index contributed by atoms with van der Waals surface area (Å²) in [6.07, 6.45) is 3.36. The van der Waals surface area contributed by atoms with E-state index in [9.17, 15) is 14.0 Å². The number of amides is 2. The average Bonchev–Trinajstić information content (AvgIpc) is 3.11. The summed E-state index contributed by atoms with van der Waals surface area (Å²) in [7, 11) is 0. The minimum absolute atomic E-state index is 0.0863. The van der Waals surface area contributed by atoms with Crippen molar-refractivity contribution in [2.75, 3.05) is 26.2 Å². The first-order chi connectivity index (χ1) is 15.8. The van der Waals surface area contributed by atoms with Gasteiger partial charge in [0.1, 0.15) is 5.82 Å². The Labute approximate surface area is 196 Å². The van der Waals surface area contributed by atoms with Gasteiger partial charge in [0, 0.05) is 43.5 Å². The number of rotatable bonds is 4. The van der Waals surface area contributed by atoms with Crippen molar-refractivity contribution in [2.24, 2.45) is 0 Å². The summed E-state index contributed by atoms with van der Waals surface area (Å²) in [6, 6.07) is 13.6. The van der Waals surface area contributed by atoms with Crippen LogP contribution in [0.5, 0.6) is 0 Å². The third-order valence-corrected chi connectivity index (χ3v) is 6.09. The number of carbonyl (C=O) groups is 2. The van der Waals surface area contributed by atoms with E-state index in [2.05, 4.69) is 5.10 Å². The Morgan fingerprint density at radius 3 is 2.33 bits per heavy atom. The predicted molar refractivity (Wildman–Crippen MR) is 126 cm³/mol. The molecule has 1 aliphatic heterocycles. The van der Waals surface area contributed by atoms with Gasteiger partial charge in [-0.2, -0.15) is 5.10 Å². The fourth-order valence-electron chi connectivity index (χ4n) is 3.94. The van der Waals surface area contributed by atoms with Gasteiger partial charge in [-0.05, 0) is 50.3 Å². The number of hydrogen-bond acceptors (Lipinski definition) is 3. The minimum atomic E-state index is -0.487. The Kier molecular flexibility index (Phi) is 6.60. The van der Waals surface area contributed by atoms with Crippen LogP contribution < -0.4 is 0 Å². The van der Waals surface area contributed by atoms with Gasteiger partial charge in [0.2, 0.25) is 5.91 Å². The molecule has 33 heavy (non-hydrogen) atoms. The largest absolute Gasteiger partial charge is 0.336 e. The number of carbonyl (C=O) groups excluding carboxylic acids is 2. The first kappa shape index (κ1) is 22.7. The number of para-hydroxylation sites is 1. The molecule has 0 aliphatic carbocycles. The Morgan fingerprint density at radius 1 is 1.00 bits per heavy atom. The minimum Gasteiger partial charge on any atom is -0.336 e. The fraction of sp³-hybridized carbons (Fsp3) is 0.240. The van der Waals surface area contributed by atoms with Crippen molar-refractivity contribution in [1.82, 2.24) is 19.6 Å². The summed E-state index contributed by atoms with van der Waals surface area (Å²) in [6.45, 7) is 5.49. The molecule has 0 radical (unpaired) electrons. The molecule has 0 bridgehead atoms. The molecular formula is C25H24ClFN4O2. The summed E-state index contributed by atoms with van der Waals surface area (Å²) in [5.41, 5.74) is 3.93. The van der Waals surface area contributed by atoms with E-state index in [0.717, 1.165) is 28.7 Å². The van der Waals surface area contributed by atoms with Gasteiger partial charge >= 0.3 is 0 Å². The topological polar surface area (TPSA) is 58.4 Å². The molecule has 0 unspecified atom stereocenters. The van der Waals surface area contributed by atoms with Crippen LogP contribution in [-0.2, 0) is 4.79 Å². The average molecular weight is 467 g/mol. The smallest absolute Gasteiger partial charge is 0.255 e. The molecule has 1 aromatic heterocycles. The maximum absolute atomic E-state index is 13.3. The molecular weight excluding hydrogens is 443 g/mol. The molecule has 0 saturated carbocycles. The Bertz CT molecular complexity index is 1210. The third-order valence-electron chi connectivity index (χ3n) is 5.78. The summed E-state index contributed by atoms with van der Waals surface area (Å²) in [5, 5.41) is 4.69. The SMILES string of the molecule is Cc1nn(-c2ccccc2)c(C)c1/C=C/C(=O)N1CCN(C(=O)c2ccc(F)cc2Cl)CC1. The quantitative estimate of drug-likeness (QED) is 0.539. The zero-order valence-electron chi connectivity index (χ0n) is 18.5. The number of halogens is 2. The second kappa shape index (κ2) is 9.58. The lowest BCUT2D eigenvalue weighted by Gasteiger charge is -2.34. The van der Waals surface area contributed by atoms with Gasteiger partial charge in [0.25, 0.3) is 5.91 Å². The first-order valence-electron chi connectivity index (χ1n) is 10.7. The van der Waals surface area contributed by atoms with Crippen LogP contribution in [0.4, 0.5) is 4.39 Å². The molecule has 8 heteroatoms. The Balaban J connectivity index is 1.40. The van der Waals surface area contributed by atoms with Crippen LogP contribution in [0.15, 0.2) is 54.6 Å². The van der Waals surface area contributed by atoms with Gasteiger partial charge in [-0.1, -0.05) is 29.8 Å². The van der Waals surface area contributed by atoms with Crippen LogP contribution in [-0.4, -0.2) is 57.6 Å². The Hall–Kier alpha value is -3.45. The summed E-state index contributed by atoms with van der Waals surface area (Å²) in [5.74, 6) is -0.867. The predicted octanol–water partition coefficient (Wildman–Crippen LogP) is 4.28. The second-order valence-electron chi connectivity index (χ2n) is 7.91. The lowest BCUT2D eigenvalue weighted by molar-refractivity contribution is -0.127. The van der Waals surface area contributed by atoms with Crippen molar-refractivity contribution >= 4 is 29.5 Å². The highest BCUT2D eigenvalue weighted by Crippen LogP contribution is 2.21. The number of aromatic nitrogens is 2. The maximum Gasteiger partial charge on any atom is 0.255 e. The molecule has 0 N–H and O–H groups in total. The van der Waals surface area contributed by atoms with Crippen molar-refractivity contribution in [2.45, 2.75) is 13.8 Å². The maximum atomic E-state index is 13.3. The Morgan fingerprint density at radius 2 is 1.67 bits per heavy atom. The molecule has 1 fully saturated rings. The van der Waals surface area contributed by atoms with E-state index in [4.69, 9.17) is 11.6 Å². The molecule has 2 amide bonds. The van der Waals surface area contributed by atoms with Crippen molar-refractivity contribution < 1.29 is 14.0 Å². The van der Waals surface area contributed by atoms with Gasteiger partial charge in [0.05, 0.1) is 22.0 Å². The van der Waals surface area contributed by atoms with Gasteiger partial charge in [-0.15, -0.1) is 0 Å². The van der Waals surface area contributed by atoms with Gasteiger partial charge in [0.15, 0.2) is 0 Å². The lowest BCUT2D eigenvalue weighted by atomic mass is 10.1. The lowest BCUT2D eigenvalue weighted by Crippen LogP contribution is -2.50. The van der Waals surface area contributed by atoms with E-state index in [-0.39, 0.29) is 22.4 Å². The molecule has 6 nitrogen and oxygen atoms in total. The number of benzene rings is 2. The van der Waals surface area contributed by atoms with Crippen LogP contribution in [0, 0.1) is 19.7 Å². The summed E-state index contributed by atoms with van der Waals surface area (Å²) >= 11 is 6.02. The van der Waals surface area contributed by atoms with E-state index in [1.807, 2.05) is 48.9 Å². The van der Waals surface area contributed by atoms with E-state index < -0.39 is 5.82 Å². The van der Waals surface area contributed by atoms with Gasteiger partial charge in [-0.3, -0.25) is 9.59 Å². The highest BCUT2D eigenvalue weighted by Gasteiger charge is 2.25. The molecule has 1 saturated heterocycles. The van der Waals surface area contributed by atoms with E-state index in [1.165, 1.54) is 12.1 Å². The van der Waals surface area contributed by atoms with Gasteiger partial charge < -0.3 is 9.80 Å². The molecule has 170 valence electrons. The molecule has 0 atom stereocenters. The van der Waals surface area contributed by atoms with Crippen LogP contribution in [0.3, 0.4) is 0 Å². The molecule has 1 aliphatic rings. The second-order valence-corrected chi connectivity index (χ2v) is 8.31. The highest BCUT2D eigenvalue weighted by molar-refractivity contribution is 6.33. The normalized spacial score (nSPS) is 14.2. The number of aryl methyl sites for hydroxylation is 1. The molecule has 0 spiro atoms. The summed E-state index contributed by atoms with van der Waals surface area (Å²) in [4.78, 5) is 28.8. The molecule has 3 aromatic rings. The first-order valence-corrected chi connectivity index (χ1v) is 11.1. The van der Waals surface area contributed by atoms with Crippen molar-refractivity contribution in [1.29, 1.82) is 0 Å². The standard InChI is InChI=1S/C25H24ClFN4O2/c1-17-21(18(2)31(28-17)20-6-4-3-5-7-20)10-11-24(32)29-12-14-30(15-13-29)25(33)22-9-8-19(27)16-23(22)26/h3-11,16H,12-15H2,1-2H3/b11-10+. The van der Waals surface area contributed by atoms with Crippen molar-refractivity contribution in [3.05, 3.63) is 88.0 Å². The zero-order valence-corrected chi connectivity index (χ0v) is 19.2. The van der Waals surface area contributed by atoms with E-state index in [0.29, 0.717) is 26.2 Å². The number of hydrogen-bond donors (Lipinski definition) is 0. The van der Waals surface area contributed by atoms with Crippen LogP contribution >= 0.6 is 11.6 Å². The van der Waals surface area contributed by atoms with Crippen LogP contribution in [0.25, 0.3) is 11.8 Å². The number of piperazine rings is 1. The molecule has 2 aromatic carbocycles. The molecule has 2 heterocycles. The monoisotopic (exact) mass is 466 g/mol. The summed E-state index contributed by atoms with van der Waals surface area (Å²) < 4.78 is 15.1. The van der Waals surface area contributed by atoms with Crippen LogP contribution in [0.2, 0.25) is 5.02 Å². The molecule has 4 rings (SSSR count). The zero-order chi connectivity index (χ0) is 23.5. The van der Waals surface area contributed by atoms with Crippen molar-refractivity contribution in [3.63, 3.8) is 0 Å². The number of nitrogens with zero attached hydrogens (tertiary/aromatic N) is 4. The highest BCUT2D eigenvalue weighted by atomic mass is 35.5. The third kappa shape index (κ3) is 4.83. The van der Waals surface area contributed by atoms with E-state index >= 15 is 0 Å². The van der Waals surface area contributed by atoms with Crippen molar-refractivity contribution in [3.8, 4) is 5.69 Å². The van der Waals surface area contributed by atoms with Gasteiger partial charge in [-0.25, -0.2) is 9.07 Å². The van der Waals surface area contributed by atoms with E-state index in [1.54, 1.807) is 22.0 Å².